The van der Waals surface area contributed by atoms with Gasteiger partial charge in [0.1, 0.15) is 0 Å². The Labute approximate surface area is 159 Å². The number of hydrogen-bond acceptors (Lipinski definition) is 2. The van der Waals surface area contributed by atoms with Gasteiger partial charge in [-0.05, 0) is 61.1 Å². The summed E-state index contributed by atoms with van der Waals surface area (Å²) >= 11 is 0. The van der Waals surface area contributed by atoms with Crippen LogP contribution in [-0.4, -0.2) is 44.4 Å². The first-order chi connectivity index (χ1) is 12.2. The number of rotatable bonds is 3. The molecule has 4 heteroatoms. The van der Waals surface area contributed by atoms with Crippen LogP contribution < -0.4 is 0 Å². The van der Waals surface area contributed by atoms with Crippen LogP contribution in [0.15, 0.2) is 24.4 Å². The van der Waals surface area contributed by atoms with Crippen molar-refractivity contribution in [2.75, 3.05) is 20.2 Å². The van der Waals surface area contributed by atoms with E-state index in [9.17, 15) is 0 Å². The smallest absolute Gasteiger partial charge is 0.191 e. The highest BCUT2D eigenvalue weighted by Gasteiger charge is 2.41. The van der Waals surface area contributed by atoms with Gasteiger partial charge in [-0.25, -0.2) is 0 Å². The molecule has 0 spiro atoms. The molecule has 1 aromatic heterocycles. The molecule has 1 aliphatic heterocycles. The van der Waals surface area contributed by atoms with Gasteiger partial charge in [-0.15, -0.1) is 0 Å². The summed E-state index contributed by atoms with van der Waals surface area (Å²) in [5.74, 6) is 1.26. The molecular weight excluding hydrogens is 336 g/mol. The molecule has 1 fully saturated rings. The average Bonchev–Trinajstić information content (AvgIpc) is 2.98. The number of H-pyrrole nitrogens is 1. The van der Waals surface area contributed by atoms with Gasteiger partial charge in [-0.3, -0.25) is 0 Å². The topological polar surface area (TPSA) is 28.3 Å². The van der Waals surface area contributed by atoms with Crippen LogP contribution in [0.25, 0.3) is 10.9 Å². The summed E-state index contributed by atoms with van der Waals surface area (Å²) in [6.07, 6.45) is 4.66. The number of fused-ring (bicyclic) bond motifs is 2. The molecule has 1 aliphatic carbocycles. The van der Waals surface area contributed by atoms with Crippen LogP contribution in [0.2, 0.25) is 18.1 Å². The fourth-order valence-electron chi connectivity index (χ4n) is 4.72. The lowest BCUT2D eigenvalue weighted by Gasteiger charge is -2.46. The molecular formula is C22H34N2OSi. The zero-order valence-corrected chi connectivity index (χ0v) is 18.2. The Balaban J connectivity index is 1.56. The summed E-state index contributed by atoms with van der Waals surface area (Å²) in [5, 5.41) is 1.78. The number of hydrogen-bond donors (Lipinski definition) is 1. The third-order valence-electron chi connectivity index (χ3n) is 7.30. The molecule has 1 aromatic carbocycles. The third kappa shape index (κ3) is 2.96. The SMILES string of the molecule is CN1C[C@H](CO[Si](C)(C)C(C)(C)C)C[C@@H]2c3cccc4[nH]cc(c34)C[C@H]21. The molecule has 4 rings (SSSR count). The van der Waals surface area contributed by atoms with Crippen molar-refractivity contribution in [2.24, 2.45) is 5.92 Å². The molecule has 2 aromatic rings. The number of piperidine rings is 1. The summed E-state index contributed by atoms with van der Waals surface area (Å²) in [5.41, 5.74) is 4.36. The fourth-order valence-corrected chi connectivity index (χ4v) is 5.80. The average molecular weight is 371 g/mol. The Bertz CT molecular complexity index is 804. The molecule has 0 radical (unpaired) electrons. The number of nitrogens with one attached hydrogen (secondary N) is 1. The first-order valence-corrected chi connectivity index (χ1v) is 13.0. The van der Waals surface area contributed by atoms with Crippen molar-refractivity contribution in [1.29, 1.82) is 0 Å². The maximum Gasteiger partial charge on any atom is 0.191 e. The van der Waals surface area contributed by atoms with Crippen molar-refractivity contribution < 1.29 is 4.43 Å². The highest BCUT2D eigenvalue weighted by molar-refractivity contribution is 6.74. The quantitative estimate of drug-likeness (QED) is 0.757. The lowest BCUT2D eigenvalue weighted by molar-refractivity contribution is 0.0799. The van der Waals surface area contributed by atoms with Gasteiger partial charge in [0.2, 0.25) is 0 Å². The summed E-state index contributed by atoms with van der Waals surface area (Å²) < 4.78 is 6.60. The Morgan fingerprint density at radius 3 is 2.77 bits per heavy atom. The van der Waals surface area contributed by atoms with Crippen molar-refractivity contribution in [1.82, 2.24) is 9.88 Å². The first-order valence-electron chi connectivity index (χ1n) is 10.1. The molecule has 1 saturated heterocycles. The van der Waals surface area contributed by atoms with Crippen molar-refractivity contribution in [3.05, 3.63) is 35.5 Å². The van der Waals surface area contributed by atoms with E-state index in [1.165, 1.54) is 29.3 Å². The zero-order valence-electron chi connectivity index (χ0n) is 17.2. The van der Waals surface area contributed by atoms with E-state index >= 15 is 0 Å². The monoisotopic (exact) mass is 370 g/mol. The van der Waals surface area contributed by atoms with Crippen LogP contribution in [0.4, 0.5) is 0 Å². The van der Waals surface area contributed by atoms with Crippen LogP contribution in [0.1, 0.15) is 44.2 Å². The molecule has 1 N–H and O–H groups in total. The molecule has 0 unspecified atom stereocenters. The predicted molar refractivity (Wildman–Crippen MR) is 112 cm³/mol. The number of likely N-dealkylation sites (N-methyl/N-ethyl adjacent to an activating group) is 1. The minimum atomic E-state index is -1.67. The molecule has 3 atom stereocenters. The van der Waals surface area contributed by atoms with E-state index in [1.807, 2.05) is 0 Å². The summed E-state index contributed by atoms with van der Waals surface area (Å²) in [4.78, 5) is 6.08. The van der Waals surface area contributed by atoms with Gasteiger partial charge in [0.25, 0.3) is 0 Å². The maximum atomic E-state index is 6.60. The second-order valence-corrected chi connectivity index (χ2v) is 14.9. The van der Waals surface area contributed by atoms with Gasteiger partial charge in [0.05, 0.1) is 0 Å². The lowest BCUT2D eigenvalue weighted by Crippen LogP contribution is -2.50. The van der Waals surface area contributed by atoms with Crippen molar-refractivity contribution in [2.45, 2.75) is 63.7 Å². The van der Waals surface area contributed by atoms with Gasteiger partial charge in [-0.1, -0.05) is 32.9 Å². The highest BCUT2D eigenvalue weighted by atomic mass is 28.4. The summed E-state index contributed by atoms with van der Waals surface area (Å²) in [6, 6.07) is 7.43. The summed E-state index contributed by atoms with van der Waals surface area (Å²) in [7, 11) is 0.640. The Hall–Kier alpha value is -1.10. The number of benzene rings is 1. The minimum Gasteiger partial charge on any atom is -0.416 e. The van der Waals surface area contributed by atoms with Gasteiger partial charge in [-0.2, -0.15) is 0 Å². The highest BCUT2D eigenvalue weighted by Crippen LogP contribution is 2.45. The van der Waals surface area contributed by atoms with Gasteiger partial charge < -0.3 is 14.3 Å². The standard InChI is InChI=1S/C22H34N2OSi/c1-22(2,3)26(5,6)25-14-15-10-18-17-8-7-9-19-21(17)16(12-23-19)11-20(18)24(4)13-15/h7-9,12,15,18,20,23H,10-11,13-14H2,1-6H3/t15-,18-,20-/m1/s1. The molecule has 3 nitrogen and oxygen atoms in total. The number of nitrogens with zero attached hydrogens (tertiary/aromatic N) is 1. The maximum absolute atomic E-state index is 6.60. The van der Waals surface area contributed by atoms with Gasteiger partial charge in [0.15, 0.2) is 8.32 Å². The van der Waals surface area contributed by atoms with Crippen LogP contribution in [-0.2, 0) is 10.8 Å². The van der Waals surface area contributed by atoms with E-state index in [4.69, 9.17) is 4.43 Å². The summed E-state index contributed by atoms with van der Waals surface area (Å²) in [6.45, 7) is 13.8. The molecule has 2 aliphatic rings. The minimum absolute atomic E-state index is 0.284. The molecule has 0 amide bonds. The molecule has 0 saturated carbocycles. The van der Waals surface area contributed by atoms with Crippen LogP contribution in [0, 0.1) is 5.92 Å². The van der Waals surface area contributed by atoms with Gasteiger partial charge >= 0.3 is 0 Å². The van der Waals surface area contributed by atoms with Gasteiger partial charge in [0, 0.05) is 42.2 Å². The Morgan fingerprint density at radius 2 is 2.04 bits per heavy atom. The second-order valence-electron chi connectivity index (χ2n) is 10.1. The zero-order chi connectivity index (χ0) is 18.7. The van der Waals surface area contributed by atoms with Crippen LogP contribution in [0.3, 0.4) is 0 Å². The van der Waals surface area contributed by atoms with Crippen molar-refractivity contribution in [3.63, 3.8) is 0 Å². The van der Waals surface area contributed by atoms with E-state index in [1.54, 1.807) is 5.56 Å². The molecule has 0 bridgehead atoms. The Morgan fingerprint density at radius 1 is 1.27 bits per heavy atom. The largest absolute Gasteiger partial charge is 0.416 e. The van der Waals surface area contributed by atoms with Crippen LogP contribution >= 0.6 is 0 Å². The van der Waals surface area contributed by atoms with Crippen molar-refractivity contribution >= 4 is 19.2 Å². The lowest BCUT2D eigenvalue weighted by atomic mass is 9.72. The molecule has 142 valence electrons. The predicted octanol–water partition coefficient (Wildman–Crippen LogP) is 5.15. The second kappa shape index (κ2) is 6.22. The molecule has 2 heterocycles. The fraction of sp³-hybridized carbons (Fsp3) is 0.636. The normalized spacial score (nSPS) is 26.9. The van der Waals surface area contributed by atoms with E-state index < -0.39 is 8.32 Å². The molecule has 26 heavy (non-hydrogen) atoms. The van der Waals surface area contributed by atoms with E-state index in [2.05, 4.69) is 75.2 Å². The Kier molecular flexibility index (Phi) is 4.37. The number of aromatic amines is 1. The first kappa shape index (κ1) is 18.3. The van der Waals surface area contributed by atoms with E-state index in [0.717, 1.165) is 13.2 Å². The number of aromatic nitrogens is 1. The van der Waals surface area contributed by atoms with E-state index in [0.29, 0.717) is 17.9 Å². The third-order valence-corrected chi connectivity index (χ3v) is 11.8. The van der Waals surface area contributed by atoms with E-state index in [-0.39, 0.29) is 5.04 Å². The number of likely N-dealkylation sites (tertiary alicyclic amines) is 1. The van der Waals surface area contributed by atoms with Crippen molar-refractivity contribution in [3.8, 4) is 0 Å². The van der Waals surface area contributed by atoms with Crippen LogP contribution in [0.5, 0.6) is 0 Å².